The Morgan fingerprint density at radius 3 is 2.24 bits per heavy atom. The fourth-order valence-corrected chi connectivity index (χ4v) is 2.38. The van der Waals surface area contributed by atoms with Crippen molar-refractivity contribution in [1.29, 1.82) is 0 Å². The van der Waals surface area contributed by atoms with Crippen LogP contribution in [0.1, 0.15) is 39.5 Å². The first-order valence-corrected chi connectivity index (χ1v) is 6.22. The molecule has 0 aromatic carbocycles. The van der Waals surface area contributed by atoms with Crippen LogP contribution in [0.2, 0.25) is 0 Å². The van der Waals surface area contributed by atoms with Crippen LogP contribution in [-0.2, 0) is 9.59 Å². The molecular weight excluding hydrogens is 218 g/mol. The average Bonchev–Trinajstić information content (AvgIpc) is 2.63. The van der Waals surface area contributed by atoms with Gasteiger partial charge in [0, 0.05) is 6.54 Å². The molecule has 4 N–H and O–H groups in total. The van der Waals surface area contributed by atoms with E-state index in [4.69, 9.17) is 11.5 Å². The Kier molecular flexibility index (Phi) is 4.51. The largest absolute Gasteiger partial charge is 0.368 e. The summed E-state index contributed by atoms with van der Waals surface area (Å²) in [4.78, 5) is 24.8. The second-order valence-corrected chi connectivity index (χ2v) is 5.41. The predicted molar refractivity (Wildman–Crippen MR) is 66.0 cm³/mol. The van der Waals surface area contributed by atoms with Crippen LogP contribution in [0, 0.1) is 5.92 Å². The molecule has 0 radical (unpaired) electrons. The monoisotopic (exact) mass is 241 g/mol. The van der Waals surface area contributed by atoms with Crippen LogP contribution in [0.15, 0.2) is 0 Å². The number of amides is 2. The van der Waals surface area contributed by atoms with Crippen molar-refractivity contribution >= 4 is 11.8 Å². The van der Waals surface area contributed by atoms with Gasteiger partial charge in [0.25, 0.3) is 0 Å². The molecule has 1 saturated carbocycles. The van der Waals surface area contributed by atoms with E-state index >= 15 is 0 Å². The molecule has 0 unspecified atom stereocenters. The summed E-state index contributed by atoms with van der Waals surface area (Å²) in [6.07, 6.45) is 3.38. The zero-order chi connectivity index (χ0) is 13.1. The minimum absolute atomic E-state index is 0.0318. The van der Waals surface area contributed by atoms with Crippen LogP contribution in [-0.4, -0.2) is 35.3 Å². The third-order valence-electron chi connectivity index (χ3n) is 3.14. The van der Waals surface area contributed by atoms with Crippen molar-refractivity contribution in [2.24, 2.45) is 17.4 Å². The predicted octanol–water partition coefficient (Wildman–Crippen LogP) is 0.228. The SMILES string of the molecule is CC(C)CN(CC(N)=O)C(=O)C1(N)CCCC1. The van der Waals surface area contributed by atoms with Crippen molar-refractivity contribution in [3.05, 3.63) is 0 Å². The quantitative estimate of drug-likeness (QED) is 0.722. The molecule has 5 nitrogen and oxygen atoms in total. The molecule has 0 spiro atoms. The molecule has 0 aromatic heterocycles. The van der Waals surface area contributed by atoms with Crippen molar-refractivity contribution in [2.75, 3.05) is 13.1 Å². The highest BCUT2D eigenvalue weighted by atomic mass is 16.2. The van der Waals surface area contributed by atoms with Gasteiger partial charge in [0.05, 0.1) is 12.1 Å². The third kappa shape index (κ3) is 3.70. The van der Waals surface area contributed by atoms with Gasteiger partial charge < -0.3 is 16.4 Å². The summed E-state index contributed by atoms with van der Waals surface area (Å²) in [6, 6.07) is 0. The van der Waals surface area contributed by atoms with Gasteiger partial charge in [-0.1, -0.05) is 26.7 Å². The topological polar surface area (TPSA) is 89.4 Å². The van der Waals surface area contributed by atoms with Gasteiger partial charge in [-0.3, -0.25) is 9.59 Å². The average molecular weight is 241 g/mol. The lowest BCUT2D eigenvalue weighted by atomic mass is 9.96. The van der Waals surface area contributed by atoms with Crippen LogP contribution < -0.4 is 11.5 Å². The van der Waals surface area contributed by atoms with Crippen LogP contribution in [0.5, 0.6) is 0 Å². The second kappa shape index (κ2) is 5.49. The summed E-state index contributed by atoms with van der Waals surface area (Å²) < 4.78 is 0. The molecular formula is C12H23N3O2. The third-order valence-corrected chi connectivity index (χ3v) is 3.14. The summed E-state index contributed by atoms with van der Waals surface area (Å²) in [7, 11) is 0. The number of rotatable bonds is 5. The van der Waals surface area contributed by atoms with Crippen LogP contribution in [0.25, 0.3) is 0 Å². The van der Waals surface area contributed by atoms with Gasteiger partial charge in [-0.2, -0.15) is 0 Å². The van der Waals surface area contributed by atoms with Gasteiger partial charge in [-0.25, -0.2) is 0 Å². The number of carbonyl (C=O) groups is 2. The maximum Gasteiger partial charge on any atom is 0.243 e. The summed E-state index contributed by atoms with van der Waals surface area (Å²) in [5.74, 6) is -0.314. The van der Waals surface area contributed by atoms with Crippen LogP contribution in [0.3, 0.4) is 0 Å². The van der Waals surface area contributed by atoms with Crippen molar-refractivity contribution < 1.29 is 9.59 Å². The molecule has 5 heteroatoms. The first kappa shape index (κ1) is 14.0. The van der Waals surface area contributed by atoms with Crippen LogP contribution >= 0.6 is 0 Å². The zero-order valence-electron chi connectivity index (χ0n) is 10.7. The van der Waals surface area contributed by atoms with E-state index < -0.39 is 11.4 Å². The summed E-state index contributed by atoms with van der Waals surface area (Å²) in [6.45, 7) is 4.49. The van der Waals surface area contributed by atoms with E-state index in [1.54, 1.807) is 0 Å². The van der Waals surface area contributed by atoms with Crippen molar-refractivity contribution in [1.82, 2.24) is 4.90 Å². The Balaban J connectivity index is 2.74. The molecule has 17 heavy (non-hydrogen) atoms. The lowest BCUT2D eigenvalue weighted by Gasteiger charge is -2.31. The Morgan fingerprint density at radius 2 is 1.82 bits per heavy atom. The standard InChI is InChI=1S/C12H23N3O2/c1-9(2)7-15(8-10(13)16)11(17)12(14)5-3-4-6-12/h9H,3-8,14H2,1-2H3,(H2,13,16). The molecule has 1 fully saturated rings. The van der Waals surface area contributed by atoms with E-state index in [1.807, 2.05) is 13.8 Å². The molecule has 1 rings (SSSR count). The highest BCUT2D eigenvalue weighted by Gasteiger charge is 2.40. The van der Waals surface area contributed by atoms with Crippen molar-refractivity contribution in [3.63, 3.8) is 0 Å². The highest BCUT2D eigenvalue weighted by molar-refractivity contribution is 5.90. The fraction of sp³-hybridized carbons (Fsp3) is 0.833. The molecule has 98 valence electrons. The molecule has 0 bridgehead atoms. The van der Waals surface area contributed by atoms with Gasteiger partial charge in [0.1, 0.15) is 0 Å². The Labute approximate surface area is 103 Å². The minimum Gasteiger partial charge on any atom is -0.368 e. The Bertz CT molecular complexity index is 296. The molecule has 1 aliphatic carbocycles. The summed E-state index contributed by atoms with van der Waals surface area (Å²) >= 11 is 0. The molecule has 0 saturated heterocycles. The lowest BCUT2D eigenvalue weighted by molar-refractivity contribution is -0.140. The molecule has 2 amide bonds. The minimum atomic E-state index is -0.773. The Hall–Kier alpha value is -1.10. The zero-order valence-corrected chi connectivity index (χ0v) is 10.7. The fourth-order valence-electron chi connectivity index (χ4n) is 2.38. The van der Waals surface area contributed by atoms with Gasteiger partial charge in [0.15, 0.2) is 0 Å². The number of hydrogen-bond acceptors (Lipinski definition) is 3. The first-order valence-electron chi connectivity index (χ1n) is 6.22. The van der Waals surface area contributed by atoms with E-state index in [2.05, 4.69) is 0 Å². The molecule has 0 heterocycles. The maximum atomic E-state index is 12.3. The Morgan fingerprint density at radius 1 is 1.29 bits per heavy atom. The summed E-state index contributed by atoms with van der Waals surface area (Å²) in [5.41, 5.74) is 10.5. The molecule has 0 aliphatic heterocycles. The van der Waals surface area contributed by atoms with Gasteiger partial charge in [0.2, 0.25) is 11.8 Å². The summed E-state index contributed by atoms with van der Waals surface area (Å²) in [5, 5.41) is 0. The van der Waals surface area contributed by atoms with E-state index in [9.17, 15) is 9.59 Å². The highest BCUT2D eigenvalue weighted by Crippen LogP contribution is 2.29. The smallest absolute Gasteiger partial charge is 0.243 e. The van der Waals surface area contributed by atoms with Crippen molar-refractivity contribution in [2.45, 2.75) is 45.1 Å². The van der Waals surface area contributed by atoms with Gasteiger partial charge in [-0.05, 0) is 18.8 Å². The van der Waals surface area contributed by atoms with E-state index in [0.29, 0.717) is 25.3 Å². The number of primary amides is 1. The second-order valence-electron chi connectivity index (χ2n) is 5.41. The molecule has 1 aliphatic rings. The van der Waals surface area contributed by atoms with Gasteiger partial charge >= 0.3 is 0 Å². The number of carbonyl (C=O) groups excluding carboxylic acids is 2. The van der Waals surface area contributed by atoms with Crippen molar-refractivity contribution in [3.8, 4) is 0 Å². The van der Waals surface area contributed by atoms with E-state index in [0.717, 1.165) is 12.8 Å². The molecule has 0 atom stereocenters. The number of nitrogens with two attached hydrogens (primary N) is 2. The van der Waals surface area contributed by atoms with Crippen LogP contribution in [0.4, 0.5) is 0 Å². The van der Waals surface area contributed by atoms with E-state index in [-0.39, 0.29) is 12.5 Å². The normalized spacial score (nSPS) is 18.4. The number of nitrogens with zero attached hydrogens (tertiary/aromatic N) is 1. The lowest BCUT2D eigenvalue weighted by Crippen LogP contribution is -2.55. The number of hydrogen-bond donors (Lipinski definition) is 2. The maximum absolute atomic E-state index is 12.3. The molecule has 0 aromatic rings. The first-order chi connectivity index (χ1) is 7.85. The van der Waals surface area contributed by atoms with Gasteiger partial charge in [-0.15, -0.1) is 0 Å². The van der Waals surface area contributed by atoms with E-state index in [1.165, 1.54) is 4.90 Å².